The molecule has 0 spiro atoms. The normalized spacial score (nSPS) is 23.3. The number of nitrogens with zero attached hydrogens (tertiary/aromatic N) is 1. The summed E-state index contributed by atoms with van der Waals surface area (Å²) in [6, 6.07) is 9.29. The van der Waals surface area contributed by atoms with Crippen LogP contribution in [0.2, 0.25) is 0 Å². The van der Waals surface area contributed by atoms with Gasteiger partial charge in [-0.15, -0.1) is 24.8 Å². The van der Waals surface area contributed by atoms with Crippen molar-refractivity contribution in [3.63, 3.8) is 0 Å². The monoisotopic (exact) mass is 417 g/mol. The van der Waals surface area contributed by atoms with E-state index in [2.05, 4.69) is 15.5 Å². The molecule has 2 heterocycles. The first-order chi connectivity index (χ1) is 12.1. The molecule has 1 aromatic rings. The van der Waals surface area contributed by atoms with E-state index in [1.54, 1.807) is 0 Å². The summed E-state index contributed by atoms with van der Waals surface area (Å²) in [5.41, 5.74) is 1.08. The largest absolute Gasteiger partial charge is 0.492 e. The van der Waals surface area contributed by atoms with Crippen molar-refractivity contribution >= 4 is 30.7 Å². The number of piperidine rings is 1. The van der Waals surface area contributed by atoms with Gasteiger partial charge in [-0.1, -0.05) is 12.1 Å². The first-order valence-corrected chi connectivity index (χ1v) is 9.47. The second-order valence-electron chi connectivity index (χ2n) is 7.76. The first-order valence-electron chi connectivity index (χ1n) is 9.47. The van der Waals surface area contributed by atoms with Gasteiger partial charge in [-0.25, -0.2) is 0 Å². The number of amides is 1. The number of hydrogen-bond acceptors (Lipinski definition) is 4. The van der Waals surface area contributed by atoms with Crippen LogP contribution in [-0.4, -0.2) is 50.1 Å². The highest BCUT2D eigenvalue weighted by atomic mass is 35.5. The molecule has 7 heteroatoms. The third kappa shape index (κ3) is 7.86. The standard InChI is InChI=1S/C20H31N3O2.2ClH/c1-23(2)8-9-25-19-5-3-4-15(12-19)14-21-20(24)13-16-10-17-6-7-18(11-16)22-17;;/h3-5,12,16-18,22H,6-11,13-14H2,1-2H3,(H,21,24);2*1H. The highest BCUT2D eigenvalue weighted by Gasteiger charge is 2.34. The number of rotatable bonds is 8. The van der Waals surface area contributed by atoms with Crippen molar-refractivity contribution in [2.45, 2.75) is 50.7 Å². The van der Waals surface area contributed by atoms with Gasteiger partial charge in [0.2, 0.25) is 5.91 Å². The maximum absolute atomic E-state index is 12.3. The van der Waals surface area contributed by atoms with Crippen LogP contribution in [0, 0.1) is 5.92 Å². The Kier molecular flexibility index (Phi) is 10.5. The molecule has 0 aromatic heterocycles. The summed E-state index contributed by atoms with van der Waals surface area (Å²) in [5.74, 6) is 1.58. The van der Waals surface area contributed by atoms with Crippen LogP contribution in [0.25, 0.3) is 0 Å². The molecule has 1 amide bonds. The summed E-state index contributed by atoms with van der Waals surface area (Å²) < 4.78 is 5.76. The van der Waals surface area contributed by atoms with Gasteiger partial charge in [0.05, 0.1) is 0 Å². The van der Waals surface area contributed by atoms with E-state index in [0.29, 0.717) is 37.6 Å². The van der Waals surface area contributed by atoms with Gasteiger partial charge >= 0.3 is 0 Å². The van der Waals surface area contributed by atoms with E-state index in [-0.39, 0.29) is 30.7 Å². The van der Waals surface area contributed by atoms with Crippen molar-refractivity contribution in [2.24, 2.45) is 5.92 Å². The summed E-state index contributed by atoms with van der Waals surface area (Å²) in [5, 5.41) is 6.71. The van der Waals surface area contributed by atoms with Crippen LogP contribution >= 0.6 is 24.8 Å². The van der Waals surface area contributed by atoms with Gasteiger partial charge < -0.3 is 20.3 Å². The summed E-state index contributed by atoms with van der Waals surface area (Å²) in [6.07, 6.45) is 5.53. The van der Waals surface area contributed by atoms with Crippen molar-refractivity contribution in [1.82, 2.24) is 15.5 Å². The Morgan fingerprint density at radius 2 is 1.93 bits per heavy atom. The second-order valence-corrected chi connectivity index (χ2v) is 7.76. The smallest absolute Gasteiger partial charge is 0.220 e. The first kappa shape index (κ1) is 24.0. The van der Waals surface area contributed by atoms with Crippen LogP contribution in [0.5, 0.6) is 5.75 Å². The number of halogens is 2. The molecule has 2 fully saturated rings. The minimum atomic E-state index is 0. The molecule has 2 aliphatic rings. The number of carbonyl (C=O) groups excluding carboxylic acids is 1. The molecule has 2 bridgehead atoms. The van der Waals surface area contributed by atoms with Gasteiger partial charge in [-0.05, 0) is 63.4 Å². The molecule has 0 aliphatic carbocycles. The summed E-state index contributed by atoms with van der Waals surface area (Å²) >= 11 is 0. The molecule has 2 saturated heterocycles. The molecule has 5 nitrogen and oxygen atoms in total. The molecule has 0 radical (unpaired) electrons. The lowest BCUT2D eigenvalue weighted by molar-refractivity contribution is -0.122. The summed E-state index contributed by atoms with van der Waals surface area (Å²) in [6.45, 7) is 2.13. The fourth-order valence-electron chi connectivity index (χ4n) is 3.97. The third-order valence-corrected chi connectivity index (χ3v) is 5.24. The second kappa shape index (κ2) is 11.7. The zero-order valence-corrected chi connectivity index (χ0v) is 17.9. The maximum Gasteiger partial charge on any atom is 0.220 e. The van der Waals surface area contributed by atoms with Gasteiger partial charge in [-0.3, -0.25) is 4.79 Å². The highest BCUT2D eigenvalue weighted by Crippen LogP contribution is 2.32. The lowest BCUT2D eigenvalue weighted by Gasteiger charge is -2.28. The Labute approximate surface area is 175 Å². The molecule has 154 valence electrons. The minimum Gasteiger partial charge on any atom is -0.492 e. The predicted octanol–water partition coefficient (Wildman–Crippen LogP) is 3.01. The van der Waals surface area contributed by atoms with Gasteiger partial charge in [0.1, 0.15) is 12.4 Å². The SMILES string of the molecule is CN(C)CCOc1cccc(CNC(=O)CC2CC3CCC(C2)N3)c1.Cl.Cl. The fraction of sp³-hybridized carbons (Fsp3) is 0.650. The zero-order valence-electron chi connectivity index (χ0n) is 16.3. The number of nitrogens with one attached hydrogen (secondary N) is 2. The highest BCUT2D eigenvalue weighted by molar-refractivity contribution is 5.85. The topological polar surface area (TPSA) is 53.6 Å². The Balaban J connectivity index is 0.00000182. The van der Waals surface area contributed by atoms with Gasteiger partial charge in [0.15, 0.2) is 0 Å². The number of ether oxygens (including phenoxy) is 1. The van der Waals surface area contributed by atoms with Gasteiger partial charge in [0.25, 0.3) is 0 Å². The van der Waals surface area contributed by atoms with Gasteiger partial charge in [-0.2, -0.15) is 0 Å². The predicted molar refractivity (Wildman–Crippen MR) is 114 cm³/mol. The molecule has 2 N–H and O–H groups in total. The van der Waals surface area contributed by atoms with E-state index in [1.807, 2.05) is 38.4 Å². The Morgan fingerprint density at radius 3 is 2.59 bits per heavy atom. The lowest BCUT2D eigenvalue weighted by atomic mass is 9.89. The molecule has 2 unspecified atom stereocenters. The number of likely N-dealkylation sites (N-methyl/N-ethyl adjacent to an activating group) is 1. The van der Waals surface area contributed by atoms with E-state index in [0.717, 1.165) is 30.7 Å². The van der Waals surface area contributed by atoms with Crippen molar-refractivity contribution in [2.75, 3.05) is 27.2 Å². The van der Waals surface area contributed by atoms with E-state index in [1.165, 1.54) is 12.8 Å². The molecule has 27 heavy (non-hydrogen) atoms. The zero-order chi connectivity index (χ0) is 17.6. The minimum absolute atomic E-state index is 0. The number of hydrogen-bond donors (Lipinski definition) is 2. The molecular formula is C20H33Cl2N3O2. The average molecular weight is 418 g/mol. The fourth-order valence-corrected chi connectivity index (χ4v) is 3.97. The Hall–Kier alpha value is -1.01. The number of benzene rings is 1. The van der Waals surface area contributed by atoms with Crippen LogP contribution in [0.1, 0.15) is 37.7 Å². The van der Waals surface area contributed by atoms with Crippen molar-refractivity contribution in [3.8, 4) is 5.75 Å². The average Bonchev–Trinajstić information content (AvgIpc) is 2.92. The Bertz CT molecular complexity index is 574. The Morgan fingerprint density at radius 1 is 1.22 bits per heavy atom. The molecule has 1 aromatic carbocycles. The van der Waals surface area contributed by atoms with E-state index in [9.17, 15) is 4.79 Å². The van der Waals surface area contributed by atoms with Crippen LogP contribution in [0.3, 0.4) is 0 Å². The quantitative estimate of drug-likeness (QED) is 0.682. The summed E-state index contributed by atoms with van der Waals surface area (Å²) in [7, 11) is 4.06. The number of fused-ring (bicyclic) bond motifs is 2. The molecular weight excluding hydrogens is 385 g/mol. The lowest BCUT2D eigenvalue weighted by Crippen LogP contribution is -2.39. The van der Waals surface area contributed by atoms with E-state index < -0.39 is 0 Å². The molecule has 2 aliphatic heterocycles. The van der Waals surface area contributed by atoms with E-state index in [4.69, 9.17) is 4.74 Å². The molecule has 0 saturated carbocycles. The van der Waals surface area contributed by atoms with Crippen molar-refractivity contribution in [1.29, 1.82) is 0 Å². The van der Waals surface area contributed by atoms with Crippen LogP contribution < -0.4 is 15.4 Å². The maximum atomic E-state index is 12.3. The number of carbonyl (C=O) groups is 1. The van der Waals surface area contributed by atoms with Crippen molar-refractivity contribution in [3.05, 3.63) is 29.8 Å². The molecule has 2 atom stereocenters. The molecule has 3 rings (SSSR count). The third-order valence-electron chi connectivity index (χ3n) is 5.24. The van der Waals surface area contributed by atoms with Crippen LogP contribution in [0.15, 0.2) is 24.3 Å². The van der Waals surface area contributed by atoms with Crippen molar-refractivity contribution < 1.29 is 9.53 Å². The van der Waals surface area contributed by atoms with Gasteiger partial charge in [0, 0.05) is 31.6 Å². The van der Waals surface area contributed by atoms with E-state index >= 15 is 0 Å². The summed E-state index contributed by atoms with van der Waals surface area (Å²) in [4.78, 5) is 14.4. The van der Waals surface area contributed by atoms with Crippen LogP contribution in [-0.2, 0) is 11.3 Å². The van der Waals surface area contributed by atoms with Crippen LogP contribution in [0.4, 0.5) is 0 Å².